The molecule has 1 fully saturated rings. The summed E-state index contributed by atoms with van der Waals surface area (Å²) in [6.07, 6.45) is -0.497. The summed E-state index contributed by atoms with van der Waals surface area (Å²) < 4.78 is 11.4. The Labute approximate surface area is 161 Å². The third kappa shape index (κ3) is 4.18. The fourth-order valence-corrected chi connectivity index (χ4v) is 3.41. The number of carbonyl (C=O) groups excluding carboxylic acids is 1. The van der Waals surface area contributed by atoms with E-state index in [-0.39, 0.29) is 5.91 Å². The van der Waals surface area contributed by atoms with Crippen LogP contribution in [0.5, 0.6) is 11.5 Å². The van der Waals surface area contributed by atoms with Gasteiger partial charge in [0.1, 0.15) is 11.5 Å². The van der Waals surface area contributed by atoms with Crippen LogP contribution >= 0.6 is 0 Å². The van der Waals surface area contributed by atoms with Crippen LogP contribution in [0.4, 0.5) is 5.69 Å². The second-order valence-electron chi connectivity index (χ2n) is 6.94. The molecule has 3 rings (SSSR count). The highest BCUT2D eigenvalue weighted by Gasteiger charge is 2.27. The fraction of sp³-hybridized carbons (Fsp3) is 0.409. The summed E-state index contributed by atoms with van der Waals surface area (Å²) in [7, 11) is 1.69. The van der Waals surface area contributed by atoms with Crippen molar-refractivity contribution in [2.45, 2.75) is 26.9 Å². The van der Waals surface area contributed by atoms with Gasteiger partial charge in [-0.25, -0.2) is 0 Å². The largest absolute Gasteiger partial charge is 0.495 e. The van der Waals surface area contributed by atoms with Gasteiger partial charge in [-0.05, 0) is 50.1 Å². The van der Waals surface area contributed by atoms with E-state index in [2.05, 4.69) is 11.0 Å². The Morgan fingerprint density at radius 2 is 1.63 bits per heavy atom. The molecule has 1 heterocycles. The predicted octanol–water partition coefficient (Wildman–Crippen LogP) is 3.43. The molecule has 1 aliphatic rings. The zero-order valence-electron chi connectivity index (χ0n) is 16.6. The van der Waals surface area contributed by atoms with Gasteiger partial charge in [-0.3, -0.25) is 4.79 Å². The number of aryl methyl sites for hydroxylation is 1. The Kier molecular flexibility index (Phi) is 5.89. The van der Waals surface area contributed by atoms with Crippen LogP contribution in [-0.4, -0.2) is 50.2 Å². The first kappa shape index (κ1) is 19.1. The third-order valence-electron chi connectivity index (χ3n) is 5.22. The highest BCUT2D eigenvalue weighted by atomic mass is 16.5. The summed E-state index contributed by atoms with van der Waals surface area (Å²) in [5, 5.41) is 0. The zero-order chi connectivity index (χ0) is 19.4. The van der Waals surface area contributed by atoms with Crippen molar-refractivity contribution in [3.8, 4) is 11.5 Å². The Balaban J connectivity index is 1.60. The molecule has 1 saturated heterocycles. The van der Waals surface area contributed by atoms with E-state index in [1.54, 1.807) is 7.11 Å². The van der Waals surface area contributed by atoms with Crippen LogP contribution in [0.1, 0.15) is 18.1 Å². The predicted molar refractivity (Wildman–Crippen MR) is 108 cm³/mol. The van der Waals surface area contributed by atoms with Crippen LogP contribution in [-0.2, 0) is 4.79 Å². The summed E-state index contributed by atoms with van der Waals surface area (Å²) in [6, 6.07) is 13.9. The van der Waals surface area contributed by atoms with E-state index in [0.717, 1.165) is 41.4 Å². The number of hydrogen-bond acceptors (Lipinski definition) is 4. The minimum atomic E-state index is -0.497. The van der Waals surface area contributed by atoms with Crippen LogP contribution < -0.4 is 14.4 Å². The lowest BCUT2D eigenvalue weighted by atomic mass is 10.1. The van der Waals surface area contributed by atoms with Crippen molar-refractivity contribution >= 4 is 11.6 Å². The van der Waals surface area contributed by atoms with Gasteiger partial charge in [0.2, 0.25) is 0 Å². The van der Waals surface area contributed by atoms with Crippen LogP contribution in [0.2, 0.25) is 0 Å². The first-order chi connectivity index (χ1) is 13.0. The maximum absolute atomic E-state index is 12.8. The highest BCUT2D eigenvalue weighted by molar-refractivity contribution is 5.81. The molecule has 5 nitrogen and oxygen atoms in total. The second kappa shape index (κ2) is 8.33. The molecule has 0 spiro atoms. The van der Waals surface area contributed by atoms with E-state index in [4.69, 9.17) is 9.47 Å². The van der Waals surface area contributed by atoms with E-state index in [9.17, 15) is 4.79 Å². The zero-order valence-corrected chi connectivity index (χ0v) is 16.6. The number of rotatable bonds is 5. The summed E-state index contributed by atoms with van der Waals surface area (Å²) >= 11 is 0. The first-order valence-electron chi connectivity index (χ1n) is 9.41. The van der Waals surface area contributed by atoms with Crippen molar-refractivity contribution in [3.63, 3.8) is 0 Å². The van der Waals surface area contributed by atoms with Crippen LogP contribution in [0.3, 0.4) is 0 Å². The lowest BCUT2D eigenvalue weighted by Gasteiger charge is -2.37. The van der Waals surface area contributed by atoms with E-state index in [1.807, 2.05) is 62.1 Å². The Morgan fingerprint density at radius 1 is 0.963 bits per heavy atom. The minimum absolute atomic E-state index is 0.0376. The molecular weight excluding hydrogens is 340 g/mol. The molecule has 2 aromatic carbocycles. The van der Waals surface area contributed by atoms with E-state index < -0.39 is 6.10 Å². The summed E-state index contributed by atoms with van der Waals surface area (Å²) in [6.45, 7) is 8.82. The highest BCUT2D eigenvalue weighted by Crippen LogP contribution is 2.28. The topological polar surface area (TPSA) is 42.0 Å². The molecule has 0 radical (unpaired) electrons. The van der Waals surface area contributed by atoms with Gasteiger partial charge in [-0.15, -0.1) is 0 Å². The molecule has 0 N–H and O–H groups in total. The van der Waals surface area contributed by atoms with Crippen molar-refractivity contribution in [2.24, 2.45) is 0 Å². The minimum Gasteiger partial charge on any atom is -0.495 e. The molecule has 5 heteroatoms. The monoisotopic (exact) mass is 368 g/mol. The standard InChI is InChI=1S/C22H28N2O3/c1-16-8-7-11-20(17(16)2)27-18(3)22(25)24-14-12-23(13-15-24)19-9-5-6-10-21(19)26-4/h5-11,18H,12-15H2,1-4H3/t18-/m0/s1. The average molecular weight is 368 g/mol. The van der Waals surface area contributed by atoms with Crippen molar-refractivity contribution in [3.05, 3.63) is 53.6 Å². The number of hydrogen-bond donors (Lipinski definition) is 0. The van der Waals surface area contributed by atoms with Crippen molar-refractivity contribution in [1.29, 1.82) is 0 Å². The normalized spacial score (nSPS) is 15.4. The number of piperazine rings is 1. The number of nitrogens with zero attached hydrogens (tertiary/aromatic N) is 2. The average Bonchev–Trinajstić information content (AvgIpc) is 2.71. The van der Waals surface area contributed by atoms with Gasteiger partial charge < -0.3 is 19.3 Å². The Morgan fingerprint density at radius 3 is 2.33 bits per heavy atom. The molecule has 0 unspecified atom stereocenters. The molecule has 144 valence electrons. The van der Waals surface area contributed by atoms with Crippen LogP contribution in [0.25, 0.3) is 0 Å². The number of amides is 1. The number of carbonyl (C=O) groups is 1. The molecule has 0 aliphatic carbocycles. The van der Waals surface area contributed by atoms with E-state index >= 15 is 0 Å². The van der Waals surface area contributed by atoms with E-state index in [0.29, 0.717) is 13.1 Å². The lowest BCUT2D eigenvalue weighted by molar-refractivity contribution is -0.138. The molecule has 1 aliphatic heterocycles. The summed E-state index contributed by atoms with van der Waals surface area (Å²) in [5.74, 6) is 1.68. The van der Waals surface area contributed by atoms with Gasteiger partial charge in [0, 0.05) is 26.2 Å². The molecule has 0 saturated carbocycles. The lowest BCUT2D eigenvalue weighted by Crippen LogP contribution is -2.52. The van der Waals surface area contributed by atoms with E-state index in [1.165, 1.54) is 0 Å². The molecule has 0 aromatic heterocycles. The number of benzene rings is 2. The van der Waals surface area contributed by atoms with Crippen molar-refractivity contribution in [2.75, 3.05) is 38.2 Å². The Bertz CT molecular complexity index is 798. The van der Waals surface area contributed by atoms with Crippen molar-refractivity contribution < 1.29 is 14.3 Å². The molecule has 27 heavy (non-hydrogen) atoms. The maximum Gasteiger partial charge on any atom is 0.263 e. The van der Waals surface area contributed by atoms with Gasteiger partial charge in [-0.2, -0.15) is 0 Å². The Hall–Kier alpha value is -2.69. The van der Waals surface area contributed by atoms with Gasteiger partial charge in [-0.1, -0.05) is 24.3 Å². The van der Waals surface area contributed by atoms with Gasteiger partial charge in [0.15, 0.2) is 6.10 Å². The summed E-state index contributed by atoms with van der Waals surface area (Å²) in [4.78, 5) is 17.0. The number of para-hydroxylation sites is 2. The van der Waals surface area contributed by atoms with Crippen LogP contribution in [0.15, 0.2) is 42.5 Å². The van der Waals surface area contributed by atoms with Gasteiger partial charge >= 0.3 is 0 Å². The van der Waals surface area contributed by atoms with Gasteiger partial charge in [0.25, 0.3) is 5.91 Å². The third-order valence-corrected chi connectivity index (χ3v) is 5.22. The molecule has 2 aromatic rings. The second-order valence-corrected chi connectivity index (χ2v) is 6.94. The SMILES string of the molecule is COc1ccccc1N1CCN(C(=O)[C@H](C)Oc2cccc(C)c2C)CC1. The molecule has 1 atom stereocenters. The molecule has 1 amide bonds. The first-order valence-corrected chi connectivity index (χ1v) is 9.41. The quantitative estimate of drug-likeness (QED) is 0.811. The maximum atomic E-state index is 12.8. The van der Waals surface area contributed by atoms with Gasteiger partial charge in [0.05, 0.1) is 12.8 Å². The molecular formula is C22H28N2O3. The van der Waals surface area contributed by atoms with Crippen molar-refractivity contribution in [1.82, 2.24) is 4.90 Å². The summed E-state index contributed by atoms with van der Waals surface area (Å²) in [5.41, 5.74) is 3.32. The number of methoxy groups -OCH3 is 1. The fourth-order valence-electron chi connectivity index (χ4n) is 3.41. The van der Waals surface area contributed by atoms with Crippen LogP contribution in [0, 0.1) is 13.8 Å². The molecule has 0 bridgehead atoms. The number of anilines is 1. The number of ether oxygens (including phenoxy) is 2. The smallest absolute Gasteiger partial charge is 0.263 e.